The molecule has 0 spiro atoms. The van der Waals surface area contributed by atoms with Crippen molar-refractivity contribution in [2.24, 2.45) is 0 Å². The number of fused-ring (bicyclic) bond motifs is 2. The quantitative estimate of drug-likeness (QED) is 0.0235. The summed E-state index contributed by atoms with van der Waals surface area (Å²) >= 11 is 0. The van der Waals surface area contributed by atoms with E-state index in [-0.39, 0.29) is 75.6 Å². The predicted octanol–water partition coefficient (Wildman–Crippen LogP) is 27.4. The van der Waals surface area contributed by atoms with Gasteiger partial charge in [-0.3, -0.25) is 62.3 Å². The number of hydrogen-bond donors (Lipinski definition) is 0. The zero-order valence-corrected chi connectivity index (χ0v) is 86.0. The Morgan fingerprint density at radius 3 is 0.893 bits per heavy atom. The van der Waals surface area contributed by atoms with Crippen molar-refractivity contribution in [1.29, 1.82) is 0 Å². The maximum Gasteiger partial charge on any atom is 0.343 e. The SMILES string of the molecule is CC(=O)Oc1ccc(C(C)=O)cc1.CC(=O)Oc1cccc(C(C)=O)c1.CC(=O)c1c2ccccc2cc2ccccc12.CC(=O)c1ccc(C(=O)c2ccccc2)cc1.CC(=O)c1ccc(C(C)C)cc1.CC(=O)c1ccc(Cc2ccccc2)cc1.CC(=O)c1ccc(OC(=O)c2ccccc2)cc1.CC(=O)c1cccc(OCc2ccccc2)c1.COC(=O)c1ccc(C(C)=O)cc1.COC(=O)c1cccc(C(C)=O)c1. The van der Waals surface area contributed by atoms with Gasteiger partial charge in [0.05, 0.1) is 30.9 Å². The van der Waals surface area contributed by atoms with Crippen LogP contribution in [0.25, 0.3) is 21.5 Å². The van der Waals surface area contributed by atoms with Crippen LogP contribution in [0.1, 0.15) is 276 Å². The lowest BCUT2D eigenvalue weighted by Crippen LogP contribution is -2.08. The first-order valence-corrected chi connectivity index (χ1v) is 47.2. The zero-order chi connectivity index (χ0) is 109. The van der Waals surface area contributed by atoms with Gasteiger partial charge in [0.25, 0.3) is 0 Å². The molecule has 0 atom stereocenters. The van der Waals surface area contributed by atoms with Gasteiger partial charge in [-0.2, -0.15) is 0 Å². The topological polar surface area (TPSA) is 328 Å². The number of benzene rings is 16. The Bertz CT molecular complexity index is 7210. The van der Waals surface area contributed by atoms with Crippen molar-refractivity contribution in [1.82, 2.24) is 0 Å². The van der Waals surface area contributed by atoms with Crippen molar-refractivity contribution in [3.05, 3.63) is 500 Å². The van der Waals surface area contributed by atoms with E-state index in [0.717, 1.165) is 56.0 Å². The van der Waals surface area contributed by atoms with E-state index >= 15 is 0 Å². The van der Waals surface area contributed by atoms with E-state index in [0.29, 0.717) is 96.5 Å². The molecule has 16 rings (SSSR count). The Labute approximate surface area is 868 Å². The summed E-state index contributed by atoms with van der Waals surface area (Å²) in [4.78, 5) is 178. The summed E-state index contributed by atoms with van der Waals surface area (Å²) < 4.78 is 29.5. The second-order valence-electron chi connectivity index (χ2n) is 33.6. The second-order valence-corrected chi connectivity index (χ2v) is 33.6. The fourth-order valence-electron chi connectivity index (χ4n) is 13.7. The van der Waals surface area contributed by atoms with Crippen LogP contribution in [0, 0.1) is 0 Å². The van der Waals surface area contributed by atoms with Crippen LogP contribution in [0.15, 0.2) is 394 Å². The Morgan fingerprint density at radius 1 is 0.215 bits per heavy atom. The first-order chi connectivity index (χ1) is 71.2. The average molecular weight is 2000 g/mol. The molecule has 0 aliphatic carbocycles. The van der Waals surface area contributed by atoms with Crippen LogP contribution in [-0.4, -0.2) is 108 Å². The first kappa shape index (κ1) is 118. The average Bonchev–Trinajstić information content (AvgIpc) is 0.768. The van der Waals surface area contributed by atoms with Gasteiger partial charge >= 0.3 is 29.8 Å². The summed E-state index contributed by atoms with van der Waals surface area (Å²) in [5.74, 6) is 0.801. The Kier molecular flexibility index (Phi) is 48.5. The van der Waals surface area contributed by atoms with Crippen LogP contribution in [-0.2, 0) is 32.1 Å². The molecule has 0 saturated carbocycles. The van der Waals surface area contributed by atoms with E-state index in [1.54, 1.807) is 216 Å². The van der Waals surface area contributed by atoms with E-state index in [2.05, 4.69) is 41.5 Å². The summed E-state index contributed by atoms with van der Waals surface area (Å²) in [7, 11) is 2.63. The van der Waals surface area contributed by atoms with Crippen LogP contribution in [0.3, 0.4) is 0 Å². The van der Waals surface area contributed by atoms with Gasteiger partial charge in [0.1, 0.15) is 29.6 Å². The van der Waals surface area contributed by atoms with Crippen molar-refractivity contribution in [2.45, 2.75) is 116 Å². The molecule has 0 saturated heterocycles. The minimum atomic E-state index is -0.428. The van der Waals surface area contributed by atoms with E-state index in [1.165, 1.54) is 92.4 Å². The predicted molar refractivity (Wildman–Crippen MR) is 580 cm³/mol. The fourth-order valence-corrected chi connectivity index (χ4v) is 13.7. The van der Waals surface area contributed by atoms with Gasteiger partial charge in [0.15, 0.2) is 63.6 Å². The molecule has 0 aromatic heterocycles. The highest BCUT2D eigenvalue weighted by atomic mass is 16.5. The zero-order valence-electron chi connectivity index (χ0n) is 86.0. The third kappa shape index (κ3) is 41.1. The Hall–Kier alpha value is -18.4. The van der Waals surface area contributed by atoms with E-state index in [4.69, 9.17) is 18.9 Å². The van der Waals surface area contributed by atoms with Gasteiger partial charge in [0, 0.05) is 80.6 Å². The molecule has 0 N–H and O–H groups in total. The van der Waals surface area contributed by atoms with E-state index in [9.17, 15) is 76.7 Å². The van der Waals surface area contributed by atoms with Crippen LogP contribution < -0.4 is 18.9 Å². The standard InChI is InChI=1S/C16H12O.C15H12O3.C15H14O2.C15H12O2.C15H14O.C11H14O.4C10H10O3/c1-11(17)16-14-8-4-2-6-12(14)10-13-7-3-5-9-15(13)16;1-11(16)12-7-9-14(10-8-12)18-15(17)13-5-3-2-4-6-13;1-12(16)14-8-5-9-15(10-14)17-11-13-6-3-2-4-7-13;1-11(16)12-7-9-14(10-8-12)15(17)13-5-3-2-4-6-13;1-12(16)15-9-7-14(8-10-15)11-13-5-3-2-4-6-13;1-8(2)10-4-6-11(7-5-10)9(3)12;1-7(11)8-3-5-9(6-4-8)10(12)13-2;1-7(11)9-3-5-10(6-4-9)13-8(2)12;1-7(11)8-4-3-5-9(6-8)10(12)13-2;1-7(11)9-4-3-5-10(6-9)13-8(2)12/h2-10H,1H3;2-10H,1H3;2-10H,11H2,1H3;2-10H,1H3;2-10H,11H2,1H3;4-8H,1-3H3;4*3-6H,1-2H3. The largest absolute Gasteiger partial charge is 0.489 e. The summed E-state index contributed by atoms with van der Waals surface area (Å²) in [6.07, 6.45) is 0.916. The number of hydrogen-bond acceptors (Lipinski definition) is 22. The maximum atomic E-state index is 12.0. The molecule has 149 heavy (non-hydrogen) atoms. The summed E-state index contributed by atoms with van der Waals surface area (Å²) in [6, 6.07) is 118. The smallest absolute Gasteiger partial charge is 0.343 e. The number of rotatable bonds is 24. The van der Waals surface area contributed by atoms with Gasteiger partial charge in [0.2, 0.25) is 0 Å². The van der Waals surface area contributed by atoms with Gasteiger partial charge in [-0.05, 0) is 241 Å². The first-order valence-electron chi connectivity index (χ1n) is 47.2. The van der Waals surface area contributed by atoms with Crippen molar-refractivity contribution in [2.75, 3.05) is 14.2 Å². The fraction of sp³-hybridized carbons (Fsp3) is 0.150. The Morgan fingerprint density at radius 2 is 0.497 bits per heavy atom. The molecule has 0 aliphatic rings. The van der Waals surface area contributed by atoms with Crippen molar-refractivity contribution in [3.8, 4) is 23.0 Å². The van der Waals surface area contributed by atoms with E-state index in [1.807, 2.05) is 182 Å². The molecule has 758 valence electrons. The number of carbonyl (C=O) groups is 16. The monoisotopic (exact) mass is 1990 g/mol. The number of methoxy groups -OCH3 is 2. The van der Waals surface area contributed by atoms with Crippen LogP contribution in [0.4, 0.5) is 0 Å². The molecule has 0 heterocycles. The highest BCUT2D eigenvalue weighted by Crippen LogP contribution is 2.30. The van der Waals surface area contributed by atoms with E-state index < -0.39 is 17.9 Å². The van der Waals surface area contributed by atoms with Crippen LogP contribution in [0.2, 0.25) is 0 Å². The normalized spacial score (nSPS) is 9.89. The summed E-state index contributed by atoms with van der Waals surface area (Å²) in [5, 5.41) is 4.32. The van der Waals surface area contributed by atoms with Crippen molar-refractivity contribution in [3.63, 3.8) is 0 Å². The third-order valence-corrected chi connectivity index (χ3v) is 21.7. The molecule has 22 nitrogen and oxygen atoms in total. The Balaban J connectivity index is 0.000000225. The highest BCUT2D eigenvalue weighted by Gasteiger charge is 2.16. The van der Waals surface area contributed by atoms with Gasteiger partial charge in [-0.15, -0.1) is 0 Å². The molecule has 0 unspecified atom stereocenters. The molecule has 0 radical (unpaired) electrons. The maximum absolute atomic E-state index is 12.0. The van der Waals surface area contributed by atoms with Gasteiger partial charge in [-0.1, -0.05) is 293 Å². The minimum absolute atomic E-state index is 0.00344. The minimum Gasteiger partial charge on any atom is -0.489 e. The summed E-state index contributed by atoms with van der Waals surface area (Å²) in [5.41, 5.74) is 14.1. The number of ether oxygens (including phenoxy) is 6. The highest BCUT2D eigenvalue weighted by molar-refractivity contribution is 6.18. The second kappa shape index (κ2) is 61.5. The van der Waals surface area contributed by atoms with Gasteiger partial charge < -0.3 is 28.4 Å². The molecular weight excluding hydrogens is 1880 g/mol. The number of carbonyl (C=O) groups excluding carboxylic acids is 16. The molecule has 0 amide bonds. The lowest BCUT2D eigenvalue weighted by Gasteiger charge is -2.08. The lowest BCUT2D eigenvalue weighted by molar-refractivity contribution is -0.132. The van der Waals surface area contributed by atoms with Crippen LogP contribution >= 0.6 is 0 Å². The molecule has 0 aliphatic heterocycles. The van der Waals surface area contributed by atoms with Crippen LogP contribution in [0.5, 0.6) is 23.0 Å². The number of Topliss-reactive ketones (excluding diaryl/α,β-unsaturated/α-hetero) is 10. The molecule has 16 aromatic carbocycles. The number of esters is 5. The molecular formula is C127H118O22. The van der Waals surface area contributed by atoms with Crippen molar-refractivity contribution < 1.29 is 105 Å². The van der Waals surface area contributed by atoms with Gasteiger partial charge in [-0.25, -0.2) is 14.4 Å². The number of ketones is 11. The molecule has 16 aromatic rings. The third-order valence-electron chi connectivity index (χ3n) is 21.7. The lowest BCUT2D eigenvalue weighted by atomic mass is 9.95. The van der Waals surface area contributed by atoms with Crippen molar-refractivity contribution >= 4 is 115 Å². The molecule has 22 heteroatoms. The summed E-state index contributed by atoms with van der Waals surface area (Å²) in [6.45, 7) is 22.7. The molecule has 0 fully saturated rings. The molecule has 0 bridgehead atoms.